The first-order valence-electron chi connectivity index (χ1n) is 6.52. The molecule has 2 aliphatic heterocycles. The number of nitrogens with zero attached hydrogens (tertiary/aromatic N) is 1. The third-order valence-electron chi connectivity index (χ3n) is 3.84. The fourth-order valence-corrected chi connectivity index (χ4v) is 4.78. The summed E-state index contributed by atoms with van der Waals surface area (Å²) in [6.07, 6.45) is 1.39. The number of benzene rings is 1. The third-order valence-corrected chi connectivity index (χ3v) is 6.02. The van der Waals surface area contributed by atoms with Gasteiger partial charge in [-0.15, -0.1) is 11.8 Å². The van der Waals surface area contributed by atoms with Crippen LogP contribution < -0.4 is 5.32 Å². The second kappa shape index (κ2) is 5.22. The van der Waals surface area contributed by atoms with Crippen LogP contribution in [0.2, 0.25) is 0 Å². The number of hydrogen-bond acceptors (Lipinski definition) is 3. The van der Waals surface area contributed by atoms with E-state index in [9.17, 15) is 9.59 Å². The topological polar surface area (TPSA) is 49.4 Å². The summed E-state index contributed by atoms with van der Waals surface area (Å²) < 4.78 is 1.07. The number of amides is 2. The van der Waals surface area contributed by atoms with Crippen molar-refractivity contribution in [2.45, 2.75) is 30.7 Å². The Morgan fingerprint density at radius 2 is 2.35 bits per heavy atom. The van der Waals surface area contributed by atoms with E-state index in [4.69, 9.17) is 0 Å². The van der Waals surface area contributed by atoms with Crippen molar-refractivity contribution in [3.8, 4) is 0 Å². The van der Waals surface area contributed by atoms with Gasteiger partial charge in [-0.05, 0) is 54.1 Å². The molecule has 0 bridgehead atoms. The van der Waals surface area contributed by atoms with E-state index in [2.05, 4.69) is 34.8 Å². The minimum Gasteiger partial charge on any atom is -0.324 e. The van der Waals surface area contributed by atoms with Crippen LogP contribution in [-0.2, 0) is 9.59 Å². The van der Waals surface area contributed by atoms with Gasteiger partial charge in [-0.3, -0.25) is 9.59 Å². The SMILES string of the molecule is C[C@@]12CCC(=O)N1[C@H](C(=O)Nc1cccc(I)c1)CS2. The Morgan fingerprint density at radius 1 is 1.55 bits per heavy atom. The second-order valence-corrected chi connectivity index (χ2v) is 8.01. The lowest BCUT2D eigenvalue weighted by molar-refractivity contribution is -0.135. The molecule has 1 aromatic carbocycles. The molecular weight excluding hydrogens is 387 g/mol. The molecule has 1 aromatic rings. The van der Waals surface area contributed by atoms with Crippen LogP contribution in [0.5, 0.6) is 0 Å². The zero-order chi connectivity index (χ0) is 14.3. The van der Waals surface area contributed by atoms with Crippen molar-refractivity contribution in [1.29, 1.82) is 0 Å². The summed E-state index contributed by atoms with van der Waals surface area (Å²) in [4.78, 5) is 26.0. The molecule has 0 unspecified atom stereocenters. The molecule has 0 aromatic heterocycles. The molecule has 2 amide bonds. The van der Waals surface area contributed by atoms with Crippen LogP contribution >= 0.6 is 34.4 Å². The Morgan fingerprint density at radius 3 is 3.10 bits per heavy atom. The van der Waals surface area contributed by atoms with Gasteiger partial charge in [0, 0.05) is 21.4 Å². The monoisotopic (exact) mass is 402 g/mol. The predicted octanol–water partition coefficient (Wildman–Crippen LogP) is 2.68. The fraction of sp³-hybridized carbons (Fsp3) is 0.429. The molecule has 4 nitrogen and oxygen atoms in total. The first-order valence-corrected chi connectivity index (χ1v) is 8.59. The van der Waals surface area contributed by atoms with Crippen molar-refractivity contribution in [1.82, 2.24) is 4.90 Å². The Balaban J connectivity index is 1.76. The number of thioether (sulfide) groups is 1. The molecule has 0 aliphatic carbocycles. The third kappa shape index (κ3) is 2.43. The zero-order valence-corrected chi connectivity index (χ0v) is 14.0. The summed E-state index contributed by atoms with van der Waals surface area (Å²) in [6.45, 7) is 2.06. The summed E-state index contributed by atoms with van der Waals surface area (Å²) in [5.74, 6) is 0.691. The van der Waals surface area contributed by atoms with E-state index in [1.165, 1.54) is 0 Å². The maximum Gasteiger partial charge on any atom is 0.248 e. The minimum atomic E-state index is -0.349. The van der Waals surface area contributed by atoms with Gasteiger partial charge in [-0.1, -0.05) is 6.07 Å². The first-order chi connectivity index (χ1) is 9.49. The van der Waals surface area contributed by atoms with Gasteiger partial charge in [0.15, 0.2) is 0 Å². The molecule has 0 radical (unpaired) electrons. The quantitative estimate of drug-likeness (QED) is 0.775. The van der Waals surface area contributed by atoms with Crippen LogP contribution in [0.4, 0.5) is 5.69 Å². The molecule has 2 heterocycles. The summed E-state index contributed by atoms with van der Waals surface area (Å²) in [6, 6.07) is 7.32. The second-order valence-electron chi connectivity index (χ2n) is 5.27. The highest BCUT2D eigenvalue weighted by molar-refractivity contribution is 14.1. The van der Waals surface area contributed by atoms with E-state index in [1.807, 2.05) is 24.3 Å². The van der Waals surface area contributed by atoms with E-state index in [0.29, 0.717) is 12.2 Å². The van der Waals surface area contributed by atoms with Crippen molar-refractivity contribution >= 4 is 51.9 Å². The molecular formula is C14H15IN2O2S. The highest BCUT2D eigenvalue weighted by Crippen LogP contribution is 2.47. The number of fused-ring (bicyclic) bond motifs is 1. The van der Waals surface area contributed by atoms with Gasteiger partial charge in [0.25, 0.3) is 0 Å². The lowest BCUT2D eigenvalue weighted by Gasteiger charge is -2.29. The summed E-state index contributed by atoms with van der Waals surface area (Å²) in [5.41, 5.74) is 0.784. The molecule has 2 fully saturated rings. The molecule has 0 saturated carbocycles. The number of nitrogens with one attached hydrogen (secondary N) is 1. The Bertz CT molecular complexity index is 580. The van der Waals surface area contributed by atoms with Gasteiger partial charge in [0.1, 0.15) is 6.04 Å². The van der Waals surface area contributed by atoms with Crippen molar-refractivity contribution in [2.24, 2.45) is 0 Å². The molecule has 20 heavy (non-hydrogen) atoms. The van der Waals surface area contributed by atoms with E-state index in [0.717, 1.165) is 15.7 Å². The van der Waals surface area contributed by atoms with Crippen molar-refractivity contribution in [3.63, 3.8) is 0 Å². The van der Waals surface area contributed by atoms with Crippen LogP contribution in [0.25, 0.3) is 0 Å². The lowest BCUT2D eigenvalue weighted by Crippen LogP contribution is -2.48. The molecule has 2 saturated heterocycles. The highest BCUT2D eigenvalue weighted by atomic mass is 127. The van der Waals surface area contributed by atoms with Crippen LogP contribution in [0.15, 0.2) is 24.3 Å². The molecule has 3 rings (SSSR count). The van der Waals surface area contributed by atoms with Crippen molar-refractivity contribution < 1.29 is 9.59 Å². The van der Waals surface area contributed by atoms with Crippen LogP contribution in [-0.4, -0.2) is 33.4 Å². The minimum absolute atomic E-state index is 0.0847. The standard InChI is InChI=1S/C14H15IN2O2S/c1-14-6-5-12(18)17(14)11(8-20-14)13(19)16-10-4-2-3-9(15)7-10/h2-4,7,11H,5-6,8H2,1H3,(H,16,19)/t11-,14+/m0/s1. The summed E-state index contributed by atoms with van der Waals surface area (Å²) in [5, 5.41) is 2.92. The van der Waals surface area contributed by atoms with Crippen LogP contribution in [0, 0.1) is 3.57 Å². The summed E-state index contributed by atoms with van der Waals surface area (Å²) in [7, 11) is 0. The van der Waals surface area contributed by atoms with Crippen LogP contribution in [0.1, 0.15) is 19.8 Å². The van der Waals surface area contributed by atoms with Gasteiger partial charge < -0.3 is 10.2 Å². The zero-order valence-electron chi connectivity index (χ0n) is 11.1. The summed E-state index contributed by atoms with van der Waals surface area (Å²) >= 11 is 3.92. The molecule has 0 spiro atoms. The normalized spacial score (nSPS) is 28.6. The molecule has 106 valence electrons. The van der Waals surface area contributed by atoms with Crippen molar-refractivity contribution in [2.75, 3.05) is 11.1 Å². The number of anilines is 1. The molecule has 2 aliphatic rings. The number of rotatable bonds is 2. The maximum absolute atomic E-state index is 12.4. The Labute approximate surface area is 135 Å². The predicted molar refractivity (Wildman–Crippen MR) is 88.5 cm³/mol. The van der Waals surface area contributed by atoms with E-state index < -0.39 is 0 Å². The fourth-order valence-electron chi connectivity index (χ4n) is 2.81. The maximum atomic E-state index is 12.4. The van der Waals surface area contributed by atoms with E-state index in [-0.39, 0.29) is 22.7 Å². The molecule has 6 heteroatoms. The lowest BCUT2D eigenvalue weighted by atomic mass is 10.2. The van der Waals surface area contributed by atoms with E-state index >= 15 is 0 Å². The van der Waals surface area contributed by atoms with Gasteiger partial charge in [0.2, 0.25) is 11.8 Å². The number of carbonyl (C=O) groups is 2. The van der Waals surface area contributed by atoms with Gasteiger partial charge in [-0.25, -0.2) is 0 Å². The highest BCUT2D eigenvalue weighted by Gasteiger charge is 2.52. The van der Waals surface area contributed by atoms with E-state index in [1.54, 1.807) is 16.7 Å². The largest absolute Gasteiger partial charge is 0.324 e. The van der Waals surface area contributed by atoms with Gasteiger partial charge in [0.05, 0.1) is 4.87 Å². The number of hydrogen-bond donors (Lipinski definition) is 1. The number of halogens is 1. The average molecular weight is 402 g/mol. The Kier molecular flexibility index (Phi) is 3.70. The molecule has 1 N–H and O–H groups in total. The smallest absolute Gasteiger partial charge is 0.248 e. The molecule has 2 atom stereocenters. The van der Waals surface area contributed by atoms with Gasteiger partial charge in [-0.2, -0.15) is 0 Å². The number of carbonyl (C=O) groups excluding carboxylic acids is 2. The average Bonchev–Trinajstić information content (AvgIpc) is 2.87. The van der Waals surface area contributed by atoms with Crippen molar-refractivity contribution in [3.05, 3.63) is 27.8 Å². The Hall–Kier alpha value is -0.760. The first kappa shape index (κ1) is 14.2. The van der Waals surface area contributed by atoms with Crippen LogP contribution in [0.3, 0.4) is 0 Å². The van der Waals surface area contributed by atoms with Gasteiger partial charge >= 0.3 is 0 Å².